The van der Waals surface area contributed by atoms with Gasteiger partial charge in [-0.2, -0.15) is 8.42 Å². The van der Waals surface area contributed by atoms with E-state index >= 15 is 0 Å². The molecular formula is C47H82O12S. The van der Waals surface area contributed by atoms with Gasteiger partial charge in [-0.3, -0.25) is 14.1 Å². The molecule has 0 spiro atoms. The number of hydrogen-bond acceptors (Lipinski definition) is 11. The highest BCUT2D eigenvalue weighted by molar-refractivity contribution is 7.85. The third-order valence-electron chi connectivity index (χ3n) is 10.4. The van der Waals surface area contributed by atoms with Gasteiger partial charge < -0.3 is 34.3 Å². The number of carbonyl (C=O) groups excluding carboxylic acids is 2. The lowest BCUT2D eigenvalue weighted by atomic mass is 10.00. The number of esters is 2. The van der Waals surface area contributed by atoms with E-state index in [0.29, 0.717) is 12.8 Å². The van der Waals surface area contributed by atoms with Gasteiger partial charge in [0.05, 0.1) is 6.61 Å². The largest absolute Gasteiger partial charge is 0.462 e. The van der Waals surface area contributed by atoms with Crippen LogP contribution in [0.2, 0.25) is 0 Å². The maximum Gasteiger partial charge on any atom is 0.306 e. The summed E-state index contributed by atoms with van der Waals surface area (Å²) in [4.78, 5) is 25.4. The van der Waals surface area contributed by atoms with Crippen LogP contribution in [0.25, 0.3) is 0 Å². The van der Waals surface area contributed by atoms with Crippen LogP contribution in [0.5, 0.6) is 0 Å². The van der Waals surface area contributed by atoms with E-state index in [4.69, 9.17) is 18.9 Å². The number of rotatable bonds is 38. The summed E-state index contributed by atoms with van der Waals surface area (Å²) in [5.74, 6) is -2.01. The van der Waals surface area contributed by atoms with Crippen LogP contribution in [0.3, 0.4) is 0 Å². The summed E-state index contributed by atoms with van der Waals surface area (Å²) >= 11 is 0. The molecule has 0 bridgehead atoms. The molecule has 1 saturated heterocycles. The summed E-state index contributed by atoms with van der Waals surface area (Å²) < 4.78 is 54.1. The molecule has 0 aliphatic carbocycles. The van der Waals surface area contributed by atoms with E-state index < -0.39 is 71.2 Å². The van der Waals surface area contributed by atoms with Crippen molar-refractivity contribution in [1.29, 1.82) is 0 Å². The molecule has 0 aromatic rings. The van der Waals surface area contributed by atoms with Gasteiger partial charge in [-0.15, -0.1) is 0 Å². The fraction of sp³-hybridized carbons (Fsp3) is 0.787. The first-order valence-corrected chi connectivity index (χ1v) is 24.8. The zero-order chi connectivity index (χ0) is 44.1. The first-order chi connectivity index (χ1) is 29.0. The SMILES string of the molecule is CCC/C=C\C/C=C\CCCCCCCC(=O)OCC(COC1OC(CS(=O)(=O)O)C(O)C(O)C1O)OC(=O)CCCCCCCCCCC/C=C\C/C=C\CCCCC. The Balaban J connectivity index is 2.43. The first kappa shape index (κ1) is 55.6. The van der Waals surface area contributed by atoms with Crippen molar-refractivity contribution in [3.05, 3.63) is 48.6 Å². The molecule has 0 aromatic carbocycles. The van der Waals surface area contributed by atoms with Crippen molar-refractivity contribution in [2.45, 2.75) is 218 Å². The zero-order valence-electron chi connectivity index (χ0n) is 37.1. The van der Waals surface area contributed by atoms with Gasteiger partial charge in [-0.05, 0) is 70.6 Å². The Labute approximate surface area is 363 Å². The van der Waals surface area contributed by atoms with E-state index in [1.54, 1.807) is 0 Å². The standard InChI is InChI=1S/C47H82O12S/c1-3-5-7-9-11-13-15-17-18-19-20-21-22-24-26-28-30-32-34-36-43(49)58-40(38-57-47-46(52)45(51)44(50)41(59-47)39-60(53,54)55)37-56-42(48)35-33-31-29-27-25-23-16-14-12-10-8-6-4-2/h8,10-11,13-14,16-18,40-41,44-47,50-52H,3-7,9,12,15,19-39H2,1-2H3,(H,53,54,55)/b10-8-,13-11-,16-14-,18-17-. The van der Waals surface area contributed by atoms with Crippen LogP contribution in [0.1, 0.15) is 181 Å². The van der Waals surface area contributed by atoms with Crippen molar-refractivity contribution >= 4 is 22.1 Å². The van der Waals surface area contributed by atoms with Gasteiger partial charge in [-0.1, -0.05) is 146 Å². The smallest absolute Gasteiger partial charge is 0.306 e. The second kappa shape index (κ2) is 37.2. The van der Waals surface area contributed by atoms with Gasteiger partial charge in [0.2, 0.25) is 0 Å². The first-order valence-electron chi connectivity index (χ1n) is 23.2. The molecule has 12 nitrogen and oxygen atoms in total. The molecule has 0 radical (unpaired) electrons. The number of ether oxygens (including phenoxy) is 4. The second-order valence-electron chi connectivity index (χ2n) is 16.1. The second-order valence-corrected chi connectivity index (χ2v) is 17.6. The van der Waals surface area contributed by atoms with E-state index in [0.717, 1.165) is 89.9 Å². The molecule has 348 valence electrons. The normalized spacial score (nSPS) is 20.5. The van der Waals surface area contributed by atoms with E-state index in [9.17, 15) is 37.9 Å². The summed E-state index contributed by atoms with van der Waals surface area (Å²) in [6.45, 7) is 3.65. The Kier molecular flexibility index (Phi) is 34.5. The monoisotopic (exact) mass is 871 g/mol. The minimum absolute atomic E-state index is 0.155. The maximum atomic E-state index is 12.8. The molecule has 1 fully saturated rings. The minimum Gasteiger partial charge on any atom is -0.462 e. The third kappa shape index (κ3) is 31.5. The molecule has 0 saturated carbocycles. The van der Waals surface area contributed by atoms with Crippen LogP contribution in [-0.4, -0.2) is 96.0 Å². The number of aliphatic hydroxyl groups is 3. The van der Waals surface area contributed by atoms with E-state index in [1.807, 2.05) is 0 Å². The molecule has 6 atom stereocenters. The highest BCUT2D eigenvalue weighted by atomic mass is 32.2. The average Bonchev–Trinajstić information content (AvgIpc) is 3.21. The third-order valence-corrected chi connectivity index (χ3v) is 11.1. The predicted molar refractivity (Wildman–Crippen MR) is 238 cm³/mol. The lowest BCUT2D eigenvalue weighted by Crippen LogP contribution is -2.60. The van der Waals surface area contributed by atoms with Crippen LogP contribution in [0, 0.1) is 0 Å². The Morgan fingerprint density at radius 3 is 1.53 bits per heavy atom. The molecule has 1 heterocycles. The van der Waals surface area contributed by atoms with Gasteiger partial charge in [0.1, 0.15) is 36.8 Å². The van der Waals surface area contributed by atoms with E-state index in [2.05, 4.69) is 62.5 Å². The number of hydrogen-bond donors (Lipinski definition) is 4. The van der Waals surface area contributed by atoms with Crippen LogP contribution >= 0.6 is 0 Å². The minimum atomic E-state index is -4.61. The Bertz CT molecular complexity index is 1300. The Morgan fingerprint density at radius 1 is 0.567 bits per heavy atom. The molecule has 6 unspecified atom stereocenters. The quantitative estimate of drug-likeness (QED) is 0.0200. The van der Waals surface area contributed by atoms with Gasteiger partial charge in [0.15, 0.2) is 12.4 Å². The number of allylic oxidation sites excluding steroid dienone is 8. The lowest BCUT2D eigenvalue weighted by Gasteiger charge is -2.40. The molecule has 60 heavy (non-hydrogen) atoms. The van der Waals surface area contributed by atoms with Crippen molar-refractivity contribution in [3.63, 3.8) is 0 Å². The maximum absolute atomic E-state index is 12.8. The lowest BCUT2D eigenvalue weighted by molar-refractivity contribution is -0.297. The highest BCUT2D eigenvalue weighted by Crippen LogP contribution is 2.24. The van der Waals surface area contributed by atoms with Gasteiger partial charge in [0, 0.05) is 12.8 Å². The van der Waals surface area contributed by atoms with Gasteiger partial charge in [0.25, 0.3) is 10.1 Å². The fourth-order valence-corrected chi connectivity index (χ4v) is 7.43. The summed E-state index contributed by atoms with van der Waals surface area (Å²) in [6, 6.07) is 0. The molecule has 13 heteroatoms. The molecule has 0 aromatic heterocycles. The summed E-state index contributed by atoms with van der Waals surface area (Å²) in [7, 11) is -4.61. The van der Waals surface area contributed by atoms with Crippen molar-refractivity contribution in [2.24, 2.45) is 0 Å². The highest BCUT2D eigenvalue weighted by Gasteiger charge is 2.46. The molecule has 1 aliphatic rings. The van der Waals surface area contributed by atoms with E-state index in [1.165, 1.54) is 51.4 Å². The molecular weight excluding hydrogens is 789 g/mol. The van der Waals surface area contributed by atoms with Crippen molar-refractivity contribution < 1.29 is 56.8 Å². The molecule has 4 N–H and O–H groups in total. The van der Waals surface area contributed by atoms with Crippen molar-refractivity contribution in [1.82, 2.24) is 0 Å². The Morgan fingerprint density at radius 2 is 1.03 bits per heavy atom. The topological polar surface area (TPSA) is 186 Å². The number of carbonyl (C=O) groups is 2. The van der Waals surface area contributed by atoms with Crippen LogP contribution in [0.4, 0.5) is 0 Å². The summed E-state index contributed by atoms with van der Waals surface area (Å²) in [5.41, 5.74) is 0. The molecule has 0 amide bonds. The molecule has 1 aliphatic heterocycles. The number of aliphatic hydroxyl groups excluding tert-OH is 3. The predicted octanol–water partition coefficient (Wildman–Crippen LogP) is 9.56. The van der Waals surface area contributed by atoms with Crippen LogP contribution in [0.15, 0.2) is 48.6 Å². The van der Waals surface area contributed by atoms with Crippen LogP contribution in [-0.2, 0) is 38.7 Å². The van der Waals surface area contributed by atoms with E-state index in [-0.39, 0.29) is 19.4 Å². The van der Waals surface area contributed by atoms with Gasteiger partial charge >= 0.3 is 11.9 Å². The van der Waals surface area contributed by atoms with Crippen LogP contribution < -0.4 is 0 Å². The van der Waals surface area contributed by atoms with Crippen molar-refractivity contribution in [2.75, 3.05) is 19.0 Å². The summed E-state index contributed by atoms with van der Waals surface area (Å²) in [6.07, 6.45) is 34.4. The Hall–Kier alpha value is -2.39. The zero-order valence-corrected chi connectivity index (χ0v) is 37.9. The van der Waals surface area contributed by atoms with Crippen molar-refractivity contribution in [3.8, 4) is 0 Å². The number of unbranched alkanes of at least 4 members (excludes halogenated alkanes) is 18. The summed E-state index contributed by atoms with van der Waals surface area (Å²) in [5, 5.41) is 30.9. The fourth-order valence-electron chi connectivity index (χ4n) is 6.74. The van der Waals surface area contributed by atoms with Gasteiger partial charge in [-0.25, -0.2) is 0 Å². The average molecular weight is 871 g/mol. The molecule has 1 rings (SSSR count).